The average Bonchev–Trinajstić information content (AvgIpc) is 3.09. The van der Waals surface area contributed by atoms with E-state index in [-0.39, 0.29) is 24.5 Å². The summed E-state index contributed by atoms with van der Waals surface area (Å²) in [6, 6.07) is 14.5. The smallest absolute Gasteiger partial charge is 0.322 e. The third-order valence-corrected chi connectivity index (χ3v) is 4.25. The number of anilines is 1. The Morgan fingerprint density at radius 2 is 1.92 bits per heavy atom. The van der Waals surface area contributed by atoms with Crippen molar-refractivity contribution in [2.24, 2.45) is 0 Å². The van der Waals surface area contributed by atoms with Gasteiger partial charge >= 0.3 is 6.01 Å². The standard InChI is InChI=1S/C18H16Cl2N4O2/c1-11(14-8-7-13(19)9-15(14)20)21-10-16(25)22-18-24-23-17(26-18)12-5-3-2-4-6-12/h2-9,11,21H,10H2,1H3,(H,22,24,25)/t11-/m0/s1. The maximum Gasteiger partial charge on any atom is 0.322 e. The van der Waals surface area contributed by atoms with Crippen LogP contribution >= 0.6 is 23.2 Å². The van der Waals surface area contributed by atoms with Gasteiger partial charge in [0.05, 0.1) is 6.54 Å². The van der Waals surface area contributed by atoms with Crippen LogP contribution in [-0.2, 0) is 4.79 Å². The molecule has 1 amide bonds. The molecule has 3 rings (SSSR count). The van der Waals surface area contributed by atoms with E-state index in [2.05, 4.69) is 20.8 Å². The van der Waals surface area contributed by atoms with Gasteiger partial charge in [0.25, 0.3) is 0 Å². The third-order valence-electron chi connectivity index (χ3n) is 3.69. The molecule has 2 N–H and O–H groups in total. The largest absolute Gasteiger partial charge is 0.403 e. The molecule has 1 atom stereocenters. The van der Waals surface area contributed by atoms with E-state index in [4.69, 9.17) is 27.6 Å². The van der Waals surface area contributed by atoms with E-state index in [1.807, 2.05) is 43.3 Å². The van der Waals surface area contributed by atoms with Crippen LogP contribution in [0.5, 0.6) is 0 Å². The van der Waals surface area contributed by atoms with E-state index in [1.165, 1.54) is 0 Å². The molecule has 0 saturated carbocycles. The molecule has 0 aliphatic heterocycles. The summed E-state index contributed by atoms with van der Waals surface area (Å²) in [7, 11) is 0. The molecular weight excluding hydrogens is 375 g/mol. The van der Waals surface area contributed by atoms with Crippen LogP contribution in [-0.4, -0.2) is 22.6 Å². The molecular formula is C18H16Cl2N4O2. The summed E-state index contributed by atoms with van der Waals surface area (Å²) in [4.78, 5) is 12.1. The van der Waals surface area contributed by atoms with Gasteiger partial charge in [0, 0.05) is 21.7 Å². The minimum Gasteiger partial charge on any atom is -0.403 e. The Kier molecular flexibility index (Phi) is 5.88. The minimum absolute atomic E-state index is 0.0489. The molecule has 2 aromatic carbocycles. The number of rotatable bonds is 6. The summed E-state index contributed by atoms with van der Waals surface area (Å²) in [5.74, 6) is 0.0420. The van der Waals surface area contributed by atoms with Gasteiger partial charge in [0.15, 0.2) is 0 Å². The summed E-state index contributed by atoms with van der Waals surface area (Å²) < 4.78 is 5.45. The van der Waals surface area contributed by atoms with Gasteiger partial charge in [0.2, 0.25) is 11.8 Å². The molecule has 0 fully saturated rings. The Bertz CT molecular complexity index is 899. The SMILES string of the molecule is C[C@H](NCC(=O)Nc1nnc(-c2ccccc2)o1)c1ccc(Cl)cc1Cl. The van der Waals surface area contributed by atoms with Crippen LogP contribution in [0.15, 0.2) is 52.9 Å². The Labute approximate surface area is 160 Å². The van der Waals surface area contributed by atoms with Crippen molar-refractivity contribution in [2.75, 3.05) is 11.9 Å². The molecule has 1 aromatic heterocycles. The summed E-state index contributed by atoms with van der Waals surface area (Å²) in [6.07, 6.45) is 0. The van der Waals surface area contributed by atoms with Crippen molar-refractivity contribution < 1.29 is 9.21 Å². The lowest BCUT2D eigenvalue weighted by Gasteiger charge is -2.15. The van der Waals surface area contributed by atoms with E-state index in [0.717, 1.165) is 11.1 Å². The van der Waals surface area contributed by atoms with Crippen molar-refractivity contribution in [2.45, 2.75) is 13.0 Å². The quantitative estimate of drug-likeness (QED) is 0.654. The van der Waals surface area contributed by atoms with Crippen LogP contribution in [0.3, 0.4) is 0 Å². The molecule has 134 valence electrons. The second-order valence-corrected chi connectivity index (χ2v) is 6.44. The molecule has 3 aromatic rings. The van der Waals surface area contributed by atoms with Gasteiger partial charge in [-0.05, 0) is 36.8 Å². The lowest BCUT2D eigenvalue weighted by atomic mass is 10.1. The van der Waals surface area contributed by atoms with Crippen molar-refractivity contribution in [3.05, 3.63) is 64.1 Å². The molecule has 1 heterocycles. The number of benzene rings is 2. The zero-order chi connectivity index (χ0) is 18.5. The van der Waals surface area contributed by atoms with E-state index in [0.29, 0.717) is 15.9 Å². The number of hydrogen-bond acceptors (Lipinski definition) is 5. The summed E-state index contributed by atoms with van der Waals surface area (Å²) in [5.41, 5.74) is 1.64. The number of halogens is 2. The zero-order valence-electron chi connectivity index (χ0n) is 13.9. The van der Waals surface area contributed by atoms with Crippen LogP contribution in [0.1, 0.15) is 18.5 Å². The van der Waals surface area contributed by atoms with E-state index >= 15 is 0 Å². The number of nitrogens with zero attached hydrogens (tertiary/aromatic N) is 2. The fraction of sp³-hybridized carbons (Fsp3) is 0.167. The van der Waals surface area contributed by atoms with Gasteiger partial charge in [-0.1, -0.05) is 52.6 Å². The van der Waals surface area contributed by atoms with Gasteiger partial charge in [-0.2, -0.15) is 0 Å². The summed E-state index contributed by atoms with van der Waals surface area (Å²) >= 11 is 12.1. The predicted octanol–water partition coefficient (Wildman–Crippen LogP) is 4.33. The van der Waals surface area contributed by atoms with E-state index in [9.17, 15) is 4.79 Å². The number of aromatic nitrogens is 2. The molecule has 26 heavy (non-hydrogen) atoms. The molecule has 0 spiro atoms. The Morgan fingerprint density at radius 1 is 1.15 bits per heavy atom. The van der Waals surface area contributed by atoms with Gasteiger partial charge < -0.3 is 9.73 Å². The maximum atomic E-state index is 12.1. The fourth-order valence-corrected chi connectivity index (χ4v) is 2.92. The Hall–Kier alpha value is -2.41. The maximum absolute atomic E-state index is 12.1. The molecule has 0 bridgehead atoms. The topological polar surface area (TPSA) is 80.0 Å². The highest BCUT2D eigenvalue weighted by Crippen LogP contribution is 2.26. The Balaban J connectivity index is 1.55. The first kappa shape index (κ1) is 18.4. The van der Waals surface area contributed by atoms with E-state index in [1.54, 1.807) is 12.1 Å². The minimum atomic E-state index is -0.301. The molecule has 0 radical (unpaired) electrons. The second-order valence-electron chi connectivity index (χ2n) is 5.59. The highest BCUT2D eigenvalue weighted by atomic mass is 35.5. The van der Waals surface area contributed by atoms with Gasteiger partial charge in [-0.25, -0.2) is 0 Å². The highest BCUT2D eigenvalue weighted by Gasteiger charge is 2.14. The zero-order valence-corrected chi connectivity index (χ0v) is 15.4. The van der Waals surface area contributed by atoms with E-state index < -0.39 is 0 Å². The summed E-state index contributed by atoms with van der Waals surface area (Å²) in [6.45, 7) is 1.96. The lowest BCUT2D eigenvalue weighted by molar-refractivity contribution is -0.115. The van der Waals surface area contributed by atoms with Crippen molar-refractivity contribution in [3.8, 4) is 11.5 Å². The van der Waals surface area contributed by atoms with Crippen molar-refractivity contribution in [1.82, 2.24) is 15.5 Å². The van der Waals surface area contributed by atoms with Crippen LogP contribution in [0.4, 0.5) is 6.01 Å². The number of carbonyl (C=O) groups is 1. The number of hydrogen-bond donors (Lipinski definition) is 2. The average molecular weight is 391 g/mol. The normalized spacial score (nSPS) is 12.0. The van der Waals surface area contributed by atoms with Crippen LogP contribution < -0.4 is 10.6 Å². The van der Waals surface area contributed by atoms with Crippen LogP contribution in [0.25, 0.3) is 11.5 Å². The molecule has 6 nitrogen and oxygen atoms in total. The first-order chi connectivity index (χ1) is 12.5. The fourth-order valence-electron chi connectivity index (χ4n) is 2.34. The summed E-state index contributed by atoms with van der Waals surface area (Å²) in [5, 5.41) is 14.5. The van der Waals surface area contributed by atoms with Crippen molar-refractivity contribution in [3.63, 3.8) is 0 Å². The third kappa shape index (κ3) is 4.60. The first-order valence-electron chi connectivity index (χ1n) is 7.90. The van der Waals surface area contributed by atoms with Crippen LogP contribution in [0, 0.1) is 0 Å². The van der Waals surface area contributed by atoms with Gasteiger partial charge in [0.1, 0.15) is 0 Å². The molecule has 8 heteroatoms. The Morgan fingerprint density at radius 3 is 2.65 bits per heavy atom. The first-order valence-corrected chi connectivity index (χ1v) is 8.65. The monoisotopic (exact) mass is 390 g/mol. The number of carbonyl (C=O) groups excluding carboxylic acids is 1. The number of nitrogens with one attached hydrogen (secondary N) is 2. The van der Waals surface area contributed by atoms with Crippen LogP contribution in [0.2, 0.25) is 10.0 Å². The molecule has 0 saturated heterocycles. The molecule has 0 unspecified atom stereocenters. The highest BCUT2D eigenvalue weighted by molar-refractivity contribution is 6.35. The van der Waals surface area contributed by atoms with Crippen molar-refractivity contribution in [1.29, 1.82) is 0 Å². The second kappa shape index (κ2) is 8.31. The molecule has 0 aliphatic carbocycles. The predicted molar refractivity (Wildman–Crippen MR) is 101 cm³/mol. The van der Waals surface area contributed by atoms with Gasteiger partial charge in [-0.3, -0.25) is 10.1 Å². The van der Waals surface area contributed by atoms with Gasteiger partial charge in [-0.15, -0.1) is 5.10 Å². The lowest BCUT2D eigenvalue weighted by Crippen LogP contribution is -2.30. The van der Waals surface area contributed by atoms with Crippen molar-refractivity contribution >= 4 is 35.1 Å². The number of amides is 1. The molecule has 0 aliphatic rings.